The average molecular weight is 465 g/mol. The maximum absolute atomic E-state index is 12.3. The Morgan fingerprint density at radius 3 is 2.63 bits per heavy atom. The van der Waals surface area contributed by atoms with Crippen LogP contribution in [0, 0.1) is 0 Å². The van der Waals surface area contributed by atoms with Crippen LogP contribution >= 0.6 is 34.5 Å². The molecular weight excluding hydrogens is 451 g/mol. The molecule has 0 unspecified atom stereocenters. The molecule has 2 amide bonds. The zero-order chi connectivity index (χ0) is 21.1. The molecule has 0 saturated carbocycles. The van der Waals surface area contributed by atoms with Gasteiger partial charge < -0.3 is 14.8 Å². The molecule has 0 aliphatic carbocycles. The van der Waals surface area contributed by atoms with Crippen LogP contribution in [0.1, 0.15) is 21.6 Å². The minimum Gasteiger partial charge on any atom is -0.454 e. The summed E-state index contributed by atoms with van der Waals surface area (Å²) in [5, 5.41) is 7.80. The summed E-state index contributed by atoms with van der Waals surface area (Å²) >= 11 is 12.8. The van der Waals surface area contributed by atoms with E-state index in [0.29, 0.717) is 28.9 Å². The summed E-state index contributed by atoms with van der Waals surface area (Å²) < 4.78 is 10.6. The number of fused-ring (bicyclic) bond motifs is 1. The van der Waals surface area contributed by atoms with Gasteiger partial charge in [-0.3, -0.25) is 14.9 Å². The van der Waals surface area contributed by atoms with Gasteiger partial charge in [-0.1, -0.05) is 29.3 Å². The summed E-state index contributed by atoms with van der Waals surface area (Å²) in [6.07, 6.45) is 0.0871. The van der Waals surface area contributed by atoms with Crippen molar-refractivity contribution in [3.63, 3.8) is 0 Å². The Morgan fingerprint density at radius 2 is 1.83 bits per heavy atom. The number of thiazole rings is 1. The third-order valence-electron chi connectivity index (χ3n) is 4.07. The second kappa shape index (κ2) is 8.86. The summed E-state index contributed by atoms with van der Waals surface area (Å²) in [5.74, 6) is 0.745. The number of halogens is 2. The van der Waals surface area contributed by atoms with Crippen molar-refractivity contribution in [2.75, 3.05) is 12.1 Å². The fraction of sp³-hybridized carbons (Fsp3) is 0.158. The van der Waals surface area contributed by atoms with Gasteiger partial charge in [-0.2, -0.15) is 0 Å². The van der Waals surface area contributed by atoms with E-state index in [2.05, 4.69) is 20.6 Å². The Kier molecular flexibility index (Phi) is 6.03. The van der Waals surface area contributed by atoms with E-state index in [1.165, 1.54) is 23.5 Å². The smallest absolute Gasteiger partial charge is 0.257 e. The van der Waals surface area contributed by atoms with Crippen molar-refractivity contribution in [2.24, 2.45) is 0 Å². The number of amides is 2. The lowest BCUT2D eigenvalue weighted by molar-refractivity contribution is -0.120. The van der Waals surface area contributed by atoms with Crippen LogP contribution in [0.15, 0.2) is 35.7 Å². The van der Waals surface area contributed by atoms with Gasteiger partial charge in [0.15, 0.2) is 16.6 Å². The number of carbonyl (C=O) groups is 2. The zero-order valence-corrected chi connectivity index (χ0v) is 17.6. The second-order valence-electron chi connectivity index (χ2n) is 6.24. The SMILES string of the molecule is O=C(Cc1csc(NC(=O)c2cc(Cl)nc(Cl)c2)n1)NCc1ccc2c(c1)OCO2. The monoisotopic (exact) mass is 464 g/mol. The van der Waals surface area contributed by atoms with Crippen LogP contribution in [-0.2, 0) is 17.8 Å². The lowest BCUT2D eigenvalue weighted by Crippen LogP contribution is -2.24. The topological polar surface area (TPSA) is 102 Å². The molecule has 11 heteroatoms. The quantitative estimate of drug-likeness (QED) is 0.539. The first-order chi connectivity index (χ1) is 14.5. The van der Waals surface area contributed by atoms with E-state index in [-0.39, 0.29) is 35.0 Å². The molecule has 3 heterocycles. The van der Waals surface area contributed by atoms with Crippen LogP contribution in [0.4, 0.5) is 5.13 Å². The second-order valence-corrected chi connectivity index (χ2v) is 7.87. The number of pyridine rings is 1. The first kappa shape index (κ1) is 20.4. The Balaban J connectivity index is 1.30. The summed E-state index contributed by atoms with van der Waals surface area (Å²) in [7, 11) is 0. The maximum Gasteiger partial charge on any atom is 0.257 e. The molecule has 2 aromatic heterocycles. The van der Waals surface area contributed by atoms with Crippen molar-refractivity contribution in [2.45, 2.75) is 13.0 Å². The molecule has 154 valence electrons. The van der Waals surface area contributed by atoms with Gasteiger partial charge >= 0.3 is 0 Å². The molecule has 1 aromatic carbocycles. The highest BCUT2D eigenvalue weighted by Crippen LogP contribution is 2.32. The number of nitrogens with one attached hydrogen (secondary N) is 2. The van der Waals surface area contributed by atoms with Gasteiger partial charge in [0.25, 0.3) is 5.91 Å². The van der Waals surface area contributed by atoms with Crippen LogP contribution in [0.2, 0.25) is 10.3 Å². The molecule has 0 bridgehead atoms. The number of benzene rings is 1. The van der Waals surface area contributed by atoms with Gasteiger partial charge in [-0.25, -0.2) is 9.97 Å². The minimum atomic E-state index is -0.422. The average Bonchev–Trinajstić information content (AvgIpc) is 3.34. The first-order valence-corrected chi connectivity index (χ1v) is 10.3. The fourth-order valence-corrected chi connectivity index (χ4v) is 3.86. The van der Waals surface area contributed by atoms with Crippen molar-refractivity contribution in [1.82, 2.24) is 15.3 Å². The molecule has 3 aromatic rings. The van der Waals surface area contributed by atoms with E-state index in [4.69, 9.17) is 32.7 Å². The van der Waals surface area contributed by atoms with Crippen molar-refractivity contribution in [3.8, 4) is 11.5 Å². The molecule has 30 heavy (non-hydrogen) atoms. The lowest BCUT2D eigenvalue weighted by Gasteiger charge is -2.05. The number of carbonyl (C=O) groups excluding carboxylic acids is 2. The Hall–Kier alpha value is -2.88. The molecular formula is C19H14Cl2N4O4S. The Bertz CT molecular complexity index is 1100. The van der Waals surface area contributed by atoms with E-state index in [9.17, 15) is 9.59 Å². The van der Waals surface area contributed by atoms with Crippen LogP contribution in [0.25, 0.3) is 0 Å². The van der Waals surface area contributed by atoms with Gasteiger partial charge in [0.1, 0.15) is 10.3 Å². The minimum absolute atomic E-state index is 0.0871. The van der Waals surface area contributed by atoms with Gasteiger partial charge in [0, 0.05) is 17.5 Å². The Labute approximate surface area is 185 Å². The molecule has 0 atom stereocenters. The number of anilines is 1. The van der Waals surface area contributed by atoms with Crippen LogP contribution in [-0.4, -0.2) is 28.6 Å². The summed E-state index contributed by atoms with van der Waals surface area (Å²) in [4.78, 5) is 32.6. The fourth-order valence-electron chi connectivity index (χ4n) is 2.69. The highest BCUT2D eigenvalue weighted by molar-refractivity contribution is 7.14. The van der Waals surface area contributed by atoms with Gasteiger partial charge in [0.2, 0.25) is 12.7 Å². The Morgan fingerprint density at radius 1 is 1.07 bits per heavy atom. The first-order valence-electron chi connectivity index (χ1n) is 8.70. The lowest BCUT2D eigenvalue weighted by atomic mass is 10.2. The molecule has 0 radical (unpaired) electrons. The number of ether oxygens (including phenoxy) is 2. The normalized spacial score (nSPS) is 11.9. The van der Waals surface area contributed by atoms with Crippen molar-refractivity contribution in [1.29, 1.82) is 0 Å². The number of aromatic nitrogens is 2. The molecule has 0 saturated heterocycles. The summed E-state index contributed by atoms with van der Waals surface area (Å²) in [6.45, 7) is 0.557. The molecule has 1 aliphatic heterocycles. The van der Waals surface area contributed by atoms with E-state index >= 15 is 0 Å². The van der Waals surface area contributed by atoms with Gasteiger partial charge in [-0.05, 0) is 29.8 Å². The molecule has 8 nitrogen and oxygen atoms in total. The standard InChI is InChI=1S/C19H14Cl2N4O4S/c20-15-4-11(5-16(21)24-15)18(27)25-19-23-12(8-30-19)6-17(26)22-7-10-1-2-13-14(3-10)29-9-28-13/h1-5,8H,6-7,9H2,(H,22,26)(H,23,25,27). The van der Waals surface area contributed by atoms with Crippen LogP contribution in [0.3, 0.4) is 0 Å². The van der Waals surface area contributed by atoms with Gasteiger partial charge in [0.05, 0.1) is 12.1 Å². The maximum atomic E-state index is 12.3. The number of hydrogen-bond acceptors (Lipinski definition) is 7. The molecule has 0 fully saturated rings. The van der Waals surface area contributed by atoms with E-state index in [1.807, 2.05) is 18.2 Å². The van der Waals surface area contributed by atoms with E-state index in [1.54, 1.807) is 5.38 Å². The highest BCUT2D eigenvalue weighted by atomic mass is 35.5. The summed E-state index contributed by atoms with van der Waals surface area (Å²) in [5.41, 5.74) is 1.70. The van der Waals surface area contributed by atoms with Crippen molar-refractivity contribution >= 4 is 51.5 Å². The number of hydrogen-bond donors (Lipinski definition) is 2. The zero-order valence-electron chi connectivity index (χ0n) is 15.3. The molecule has 2 N–H and O–H groups in total. The van der Waals surface area contributed by atoms with E-state index < -0.39 is 5.91 Å². The van der Waals surface area contributed by atoms with Crippen LogP contribution < -0.4 is 20.1 Å². The van der Waals surface area contributed by atoms with Gasteiger partial charge in [-0.15, -0.1) is 11.3 Å². The largest absolute Gasteiger partial charge is 0.454 e. The number of rotatable bonds is 6. The van der Waals surface area contributed by atoms with E-state index in [0.717, 1.165) is 5.56 Å². The molecule has 4 rings (SSSR count). The third-order valence-corrected chi connectivity index (χ3v) is 5.26. The van der Waals surface area contributed by atoms with Crippen molar-refractivity contribution < 1.29 is 19.1 Å². The third kappa shape index (κ3) is 4.99. The molecule has 1 aliphatic rings. The van der Waals surface area contributed by atoms with Crippen molar-refractivity contribution in [3.05, 3.63) is 62.8 Å². The highest BCUT2D eigenvalue weighted by Gasteiger charge is 2.15. The molecule has 0 spiro atoms. The number of nitrogens with zero attached hydrogens (tertiary/aromatic N) is 2. The predicted octanol–water partition coefficient (Wildman–Crippen LogP) is 3.68. The van der Waals surface area contributed by atoms with Crippen LogP contribution in [0.5, 0.6) is 11.5 Å². The summed E-state index contributed by atoms with van der Waals surface area (Å²) in [6, 6.07) is 8.31. The predicted molar refractivity (Wildman–Crippen MR) is 112 cm³/mol.